The molecule has 0 fully saturated rings. The highest BCUT2D eigenvalue weighted by Crippen LogP contribution is 2.09. The Labute approximate surface area is 106 Å². The molecular formula is C13H19N2O3+. The predicted octanol–water partition coefficient (Wildman–Crippen LogP) is 0.576. The van der Waals surface area contributed by atoms with E-state index in [-0.39, 0.29) is 17.7 Å². The summed E-state index contributed by atoms with van der Waals surface area (Å²) in [4.78, 5) is 24.0. The van der Waals surface area contributed by atoms with E-state index >= 15 is 0 Å². The van der Waals surface area contributed by atoms with Crippen LogP contribution in [0.4, 0.5) is 0 Å². The lowest BCUT2D eigenvalue weighted by Gasteiger charge is -2.07. The number of hydrogen-bond donors (Lipinski definition) is 0. The Hall–Kier alpha value is -1.65. The SMILES string of the molecule is CCOC(=O)c1c[n+](C)c2n(c1=O)CCCCC2. The Bertz CT molecular complexity index is 520. The van der Waals surface area contributed by atoms with E-state index < -0.39 is 5.97 Å². The molecule has 0 radical (unpaired) electrons. The zero-order valence-electron chi connectivity index (χ0n) is 10.9. The fourth-order valence-electron chi connectivity index (χ4n) is 2.40. The molecule has 2 rings (SSSR count). The average molecular weight is 251 g/mol. The molecule has 0 bridgehead atoms. The van der Waals surface area contributed by atoms with Crippen molar-refractivity contribution in [2.24, 2.45) is 7.05 Å². The van der Waals surface area contributed by atoms with E-state index in [2.05, 4.69) is 0 Å². The Morgan fingerprint density at radius 1 is 1.44 bits per heavy atom. The van der Waals surface area contributed by atoms with Crippen LogP contribution in [0.3, 0.4) is 0 Å². The zero-order valence-corrected chi connectivity index (χ0v) is 10.9. The first-order chi connectivity index (χ1) is 8.65. The third-order valence-corrected chi connectivity index (χ3v) is 3.29. The van der Waals surface area contributed by atoms with E-state index in [0.717, 1.165) is 31.5 Å². The number of aryl methyl sites for hydroxylation is 1. The molecule has 18 heavy (non-hydrogen) atoms. The predicted molar refractivity (Wildman–Crippen MR) is 65.4 cm³/mol. The molecule has 5 nitrogen and oxygen atoms in total. The molecule has 0 atom stereocenters. The van der Waals surface area contributed by atoms with Gasteiger partial charge in [-0.05, 0) is 26.2 Å². The van der Waals surface area contributed by atoms with Crippen LogP contribution in [0, 0.1) is 0 Å². The molecule has 1 aromatic heterocycles. The first-order valence-corrected chi connectivity index (χ1v) is 6.44. The van der Waals surface area contributed by atoms with Gasteiger partial charge in [-0.15, -0.1) is 0 Å². The summed E-state index contributed by atoms with van der Waals surface area (Å²) in [5, 5.41) is 0. The summed E-state index contributed by atoms with van der Waals surface area (Å²) in [5.41, 5.74) is -0.0894. The van der Waals surface area contributed by atoms with Crippen molar-refractivity contribution < 1.29 is 14.1 Å². The average Bonchev–Trinajstić information content (AvgIpc) is 2.60. The van der Waals surface area contributed by atoms with E-state index in [1.54, 1.807) is 17.7 Å². The van der Waals surface area contributed by atoms with E-state index in [1.165, 1.54) is 0 Å². The Balaban J connectivity index is 2.52. The summed E-state index contributed by atoms with van der Waals surface area (Å²) in [6.45, 7) is 2.71. The minimum absolute atomic E-state index is 0.130. The fourth-order valence-corrected chi connectivity index (χ4v) is 2.40. The van der Waals surface area contributed by atoms with E-state index in [1.807, 2.05) is 11.6 Å². The van der Waals surface area contributed by atoms with Gasteiger partial charge >= 0.3 is 11.5 Å². The highest BCUT2D eigenvalue weighted by Gasteiger charge is 2.25. The number of rotatable bonds is 2. The van der Waals surface area contributed by atoms with Gasteiger partial charge in [0.05, 0.1) is 20.2 Å². The van der Waals surface area contributed by atoms with Gasteiger partial charge in [0.15, 0.2) is 5.56 Å². The standard InChI is InChI=1S/C13H19N2O3/c1-3-18-13(17)10-9-14(2)11-7-5-4-6-8-15(11)12(10)16/h9H,3-8H2,1-2H3/q+1. The largest absolute Gasteiger partial charge is 0.462 e. The summed E-state index contributed by atoms with van der Waals surface area (Å²) in [6.07, 6.45) is 5.67. The second-order valence-electron chi connectivity index (χ2n) is 4.56. The molecule has 0 aromatic carbocycles. The number of carbonyl (C=O) groups excluding carboxylic acids is 1. The van der Waals surface area contributed by atoms with Gasteiger partial charge in [-0.1, -0.05) is 0 Å². The molecular weight excluding hydrogens is 232 g/mol. The van der Waals surface area contributed by atoms with Crippen molar-refractivity contribution >= 4 is 5.97 Å². The number of ether oxygens (including phenoxy) is 1. The summed E-state index contributed by atoms with van der Waals surface area (Å²) in [5.74, 6) is 0.461. The molecule has 0 amide bonds. The van der Waals surface area contributed by atoms with Gasteiger partial charge < -0.3 is 4.74 Å². The summed E-state index contributed by atoms with van der Waals surface area (Å²) in [7, 11) is 1.87. The van der Waals surface area contributed by atoms with Gasteiger partial charge in [-0.3, -0.25) is 0 Å². The molecule has 1 aromatic rings. The zero-order chi connectivity index (χ0) is 13.1. The lowest BCUT2D eigenvalue weighted by Crippen LogP contribution is -2.45. The molecule has 0 N–H and O–H groups in total. The van der Waals surface area contributed by atoms with Crippen molar-refractivity contribution in [1.29, 1.82) is 0 Å². The van der Waals surface area contributed by atoms with Crippen LogP contribution in [0.25, 0.3) is 0 Å². The Kier molecular flexibility index (Phi) is 3.79. The van der Waals surface area contributed by atoms with Crippen molar-refractivity contribution in [1.82, 2.24) is 4.57 Å². The van der Waals surface area contributed by atoms with Gasteiger partial charge in [0, 0.05) is 6.42 Å². The van der Waals surface area contributed by atoms with Gasteiger partial charge in [0.2, 0.25) is 0 Å². The van der Waals surface area contributed by atoms with Crippen molar-refractivity contribution in [3.8, 4) is 0 Å². The van der Waals surface area contributed by atoms with Crippen molar-refractivity contribution in [2.75, 3.05) is 6.61 Å². The highest BCUT2D eigenvalue weighted by molar-refractivity contribution is 5.88. The maximum Gasteiger partial charge on any atom is 0.352 e. The number of carbonyl (C=O) groups is 1. The van der Waals surface area contributed by atoms with E-state index in [9.17, 15) is 9.59 Å². The quantitative estimate of drug-likeness (QED) is 0.570. The number of esters is 1. The molecule has 1 aliphatic rings. The van der Waals surface area contributed by atoms with Crippen molar-refractivity contribution in [3.63, 3.8) is 0 Å². The van der Waals surface area contributed by atoms with Crippen LogP contribution in [0.5, 0.6) is 0 Å². The van der Waals surface area contributed by atoms with Gasteiger partial charge in [0.25, 0.3) is 5.82 Å². The maximum absolute atomic E-state index is 12.3. The molecule has 2 heterocycles. The smallest absolute Gasteiger partial charge is 0.352 e. The van der Waals surface area contributed by atoms with Gasteiger partial charge in [0.1, 0.15) is 6.20 Å². The molecule has 0 spiro atoms. The third-order valence-electron chi connectivity index (χ3n) is 3.29. The minimum atomic E-state index is -0.530. The Morgan fingerprint density at radius 3 is 2.94 bits per heavy atom. The number of hydrogen-bond acceptors (Lipinski definition) is 3. The topological polar surface area (TPSA) is 52.2 Å². The van der Waals surface area contributed by atoms with Gasteiger partial charge in [-0.2, -0.15) is 4.57 Å². The summed E-state index contributed by atoms with van der Waals surface area (Å²) >= 11 is 0. The first kappa shape index (κ1) is 12.8. The van der Waals surface area contributed by atoms with E-state index in [4.69, 9.17) is 4.74 Å². The van der Waals surface area contributed by atoms with E-state index in [0.29, 0.717) is 6.54 Å². The van der Waals surface area contributed by atoms with Gasteiger partial charge in [-0.25, -0.2) is 14.2 Å². The van der Waals surface area contributed by atoms with Crippen LogP contribution in [-0.4, -0.2) is 17.1 Å². The summed E-state index contributed by atoms with van der Waals surface area (Å²) in [6, 6.07) is 0. The molecule has 5 heteroatoms. The third kappa shape index (κ3) is 2.30. The van der Waals surface area contributed by atoms with Crippen LogP contribution >= 0.6 is 0 Å². The van der Waals surface area contributed by atoms with Crippen LogP contribution in [0.15, 0.2) is 11.0 Å². The number of fused-ring (bicyclic) bond motifs is 1. The number of aromatic nitrogens is 2. The minimum Gasteiger partial charge on any atom is -0.462 e. The lowest BCUT2D eigenvalue weighted by molar-refractivity contribution is -0.684. The normalized spacial score (nSPS) is 14.8. The van der Waals surface area contributed by atoms with Crippen LogP contribution < -0.4 is 10.1 Å². The summed E-state index contributed by atoms with van der Waals surface area (Å²) < 4.78 is 8.52. The fraction of sp³-hybridized carbons (Fsp3) is 0.615. The second kappa shape index (κ2) is 5.33. The molecule has 0 aliphatic carbocycles. The van der Waals surface area contributed by atoms with Crippen molar-refractivity contribution in [3.05, 3.63) is 27.9 Å². The lowest BCUT2D eigenvalue weighted by atomic mass is 10.2. The molecule has 98 valence electrons. The Morgan fingerprint density at radius 2 is 2.22 bits per heavy atom. The molecule has 0 unspecified atom stereocenters. The van der Waals surface area contributed by atoms with Crippen molar-refractivity contribution in [2.45, 2.75) is 39.2 Å². The van der Waals surface area contributed by atoms with Crippen LogP contribution in [-0.2, 0) is 24.8 Å². The van der Waals surface area contributed by atoms with Crippen LogP contribution in [0.2, 0.25) is 0 Å². The monoisotopic (exact) mass is 251 g/mol. The second-order valence-corrected chi connectivity index (χ2v) is 4.56. The molecule has 0 saturated carbocycles. The first-order valence-electron chi connectivity index (χ1n) is 6.44. The molecule has 0 saturated heterocycles. The number of nitrogens with zero attached hydrogens (tertiary/aromatic N) is 2. The molecule has 1 aliphatic heterocycles. The highest BCUT2D eigenvalue weighted by atomic mass is 16.5. The maximum atomic E-state index is 12.3. The van der Waals surface area contributed by atoms with Crippen LogP contribution in [0.1, 0.15) is 42.4 Å².